The molecule has 164 valence electrons. The van der Waals surface area contributed by atoms with Crippen LogP contribution in [0.4, 0.5) is 5.69 Å². The number of hydrogen-bond acceptors (Lipinski definition) is 6. The van der Waals surface area contributed by atoms with Gasteiger partial charge in [-0.15, -0.1) is 0 Å². The predicted octanol–water partition coefficient (Wildman–Crippen LogP) is 5.01. The van der Waals surface area contributed by atoms with Crippen LogP contribution < -0.4 is 25.0 Å². The molecule has 2 N–H and O–H groups in total. The zero-order valence-corrected chi connectivity index (χ0v) is 19.7. The Balaban J connectivity index is 1.65. The fraction of sp³-hybridized carbons (Fsp3) is 0.0870. The molecule has 3 aromatic rings. The number of carbonyl (C=O) groups is 1. The Labute approximate surface area is 199 Å². The first kappa shape index (κ1) is 23.2. The van der Waals surface area contributed by atoms with Crippen LogP contribution in [0, 0.1) is 0 Å². The third-order valence-electron chi connectivity index (χ3n) is 4.22. The number of anilines is 1. The van der Waals surface area contributed by atoms with Crippen LogP contribution in [0.5, 0.6) is 17.2 Å². The van der Waals surface area contributed by atoms with E-state index >= 15 is 0 Å². The molecule has 0 aliphatic carbocycles. The zero-order valence-electron chi connectivity index (χ0n) is 17.3. The average molecular weight is 514 g/mol. The van der Waals surface area contributed by atoms with Gasteiger partial charge in [0, 0.05) is 15.7 Å². The van der Waals surface area contributed by atoms with Crippen molar-refractivity contribution < 1.29 is 19.0 Å². The number of carbonyl (C=O) groups excluding carboxylic acids is 1. The number of nitrogens with one attached hydrogen (secondary N) is 2. The molecule has 7 nitrogen and oxygen atoms in total. The minimum Gasteiger partial charge on any atom is -0.497 e. The number of hydrazone groups is 1. The molecule has 0 fully saturated rings. The van der Waals surface area contributed by atoms with Crippen LogP contribution in [-0.4, -0.2) is 31.5 Å². The molecule has 32 heavy (non-hydrogen) atoms. The highest BCUT2D eigenvalue weighted by molar-refractivity contribution is 9.10. The van der Waals surface area contributed by atoms with Crippen LogP contribution in [-0.2, 0) is 0 Å². The summed E-state index contributed by atoms with van der Waals surface area (Å²) in [6.07, 6.45) is 1.52. The van der Waals surface area contributed by atoms with Crippen molar-refractivity contribution >= 4 is 51.1 Å². The van der Waals surface area contributed by atoms with Gasteiger partial charge in [-0.05, 0) is 78.9 Å². The van der Waals surface area contributed by atoms with E-state index in [2.05, 4.69) is 31.8 Å². The van der Waals surface area contributed by atoms with E-state index in [1.807, 2.05) is 24.3 Å². The molecule has 0 aliphatic heterocycles. The lowest BCUT2D eigenvalue weighted by Crippen LogP contribution is -2.23. The average Bonchev–Trinajstić information content (AvgIpc) is 2.81. The fourth-order valence-corrected chi connectivity index (χ4v) is 3.14. The summed E-state index contributed by atoms with van der Waals surface area (Å²) >= 11 is 8.67. The Morgan fingerprint density at radius 1 is 0.969 bits per heavy atom. The zero-order chi connectivity index (χ0) is 22.9. The summed E-state index contributed by atoms with van der Waals surface area (Å²) in [5.74, 6) is 1.27. The highest BCUT2D eigenvalue weighted by Crippen LogP contribution is 2.23. The highest BCUT2D eigenvalue weighted by Gasteiger charge is 2.12. The first-order valence-corrected chi connectivity index (χ1v) is 10.6. The van der Waals surface area contributed by atoms with E-state index < -0.39 is 5.97 Å². The smallest absolute Gasteiger partial charge is 0.343 e. The van der Waals surface area contributed by atoms with E-state index in [4.69, 9.17) is 26.4 Å². The van der Waals surface area contributed by atoms with Gasteiger partial charge >= 0.3 is 5.97 Å². The third-order valence-corrected chi connectivity index (χ3v) is 4.90. The number of thiocarbonyl (C=S) groups is 1. The maximum Gasteiger partial charge on any atom is 0.343 e. The number of ether oxygens (including phenoxy) is 3. The summed E-state index contributed by atoms with van der Waals surface area (Å²) in [5, 5.41) is 7.46. The largest absolute Gasteiger partial charge is 0.497 e. The molecule has 0 aromatic heterocycles. The summed E-state index contributed by atoms with van der Waals surface area (Å²) < 4.78 is 16.6. The topological polar surface area (TPSA) is 81.2 Å². The summed E-state index contributed by atoms with van der Waals surface area (Å²) in [6.45, 7) is 0. The van der Waals surface area contributed by atoms with Crippen molar-refractivity contribution in [2.45, 2.75) is 0 Å². The third kappa shape index (κ3) is 6.53. The second kappa shape index (κ2) is 11.3. The molecule has 0 aliphatic rings. The number of halogens is 1. The Hall–Kier alpha value is -3.43. The molecule has 0 radical (unpaired) electrons. The van der Waals surface area contributed by atoms with Gasteiger partial charge in [-0.25, -0.2) is 4.79 Å². The van der Waals surface area contributed by atoms with Crippen molar-refractivity contribution in [1.82, 2.24) is 5.43 Å². The van der Waals surface area contributed by atoms with Crippen molar-refractivity contribution in [2.75, 3.05) is 19.5 Å². The molecule has 0 unspecified atom stereocenters. The van der Waals surface area contributed by atoms with Crippen LogP contribution in [0.3, 0.4) is 0 Å². The van der Waals surface area contributed by atoms with E-state index in [-0.39, 0.29) is 0 Å². The summed E-state index contributed by atoms with van der Waals surface area (Å²) in [4.78, 5) is 12.5. The molecular weight excluding hydrogens is 494 g/mol. The molecule has 0 saturated heterocycles. The van der Waals surface area contributed by atoms with Gasteiger partial charge in [0.05, 0.1) is 26.0 Å². The summed E-state index contributed by atoms with van der Waals surface area (Å²) in [6, 6.07) is 19.2. The molecule has 0 atom stereocenters. The van der Waals surface area contributed by atoms with E-state index in [1.54, 1.807) is 56.7 Å². The Kier molecular flexibility index (Phi) is 8.18. The van der Waals surface area contributed by atoms with Crippen LogP contribution >= 0.6 is 28.1 Å². The van der Waals surface area contributed by atoms with Crippen LogP contribution in [0.25, 0.3) is 0 Å². The van der Waals surface area contributed by atoms with Gasteiger partial charge in [-0.1, -0.05) is 15.9 Å². The lowest BCUT2D eigenvalue weighted by Gasteiger charge is -2.09. The number of esters is 1. The molecule has 0 spiro atoms. The first-order chi connectivity index (χ1) is 15.5. The Morgan fingerprint density at radius 2 is 1.59 bits per heavy atom. The minimum absolute atomic E-state index is 0.304. The molecule has 3 rings (SSSR count). The van der Waals surface area contributed by atoms with Crippen molar-refractivity contribution in [3.05, 3.63) is 82.3 Å². The summed E-state index contributed by atoms with van der Waals surface area (Å²) in [7, 11) is 3.17. The highest BCUT2D eigenvalue weighted by atomic mass is 79.9. The van der Waals surface area contributed by atoms with Gasteiger partial charge in [0.2, 0.25) is 0 Å². The fourth-order valence-electron chi connectivity index (χ4n) is 2.59. The molecule has 0 amide bonds. The number of rotatable bonds is 7. The van der Waals surface area contributed by atoms with Gasteiger partial charge < -0.3 is 19.5 Å². The Bertz CT molecular complexity index is 1120. The lowest BCUT2D eigenvalue weighted by molar-refractivity contribution is 0.0734. The van der Waals surface area contributed by atoms with Crippen molar-refractivity contribution in [1.29, 1.82) is 0 Å². The van der Waals surface area contributed by atoms with E-state index in [9.17, 15) is 4.79 Å². The summed E-state index contributed by atoms with van der Waals surface area (Å²) in [5.41, 5.74) is 4.52. The van der Waals surface area contributed by atoms with Crippen molar-refractivity contribution in [3.63, 3.8) is 0 Å². The van der Waals surface area contributed by atoms with Crippen LogP contribution in [0.2, 0.25) is 0 Å². The molecule has 3 aromatic carbocycles. The second-order valence-electron chi connectivity index (χ2n) is 6.35. The number of nitrogens with zero attached hydrogens (tertiary/aromatic N) is 1. The van der Waals surface area contributed by atoms with Crippen LogP contribution in [0.1, 0.15) is 15.9 Å². The first-order valence-electron chi connectivity index (χ1n) is 9.38. The molecular formula is C23H20BrN3O4S. The second-order valence-corrected chi connectivity index (χ2v) is 7.68. The van der Waals surface area contributed by atoms with Gasteiger partial charge in [0.15, 0.2) is 5.11 Å². The standard InChI is InChI=1S/C23H20BrN3O4S/c1-29-19-8-3-15(4-9-19)22(28)31-21-12-5-17(24)13-16(21)14-25-27-23(32)26-18-6-10-20(30-2)11-7-18/h3-14H,1-2H3,(H2,26,27,32). The number of benzene rings is 3. The van der Waals surface area contributed by atoms with Gasteiger partial charge in [0.1, 0.15) is 17.2 Å². The predicted molar refractivity (Wildman–Crippen MR) is 132 cm³/mol. The van der Waals surface area contributed by atoms with Crippen molar-refractivity contribution in [3.8, 4) is 17.2 Å². The quantitative estimate of drug-likeness (QED) is 0.151. The number of methoxy groups -OCH3 is 2. The monoisotopic (exact) mass is 513 g/mol. The SMILES string of the molecule is COc1ccc(NC(=S)NN=Cc2cc(Br)ccc2OC(=O)c2ccc(OC)cc2)cc1. The molecule has 0 bridgehead atoms. The van der Waals surface area contributed by atoms with Gasteiger partial charge in [0.25, 0.3) is 0 Å². The number of hydrogen-bond donors (Lipinski definition) is 2. The molecule has 0 heterocycles. The maximum absolute atomic E-state index is 12.5. The van der Waals surface area contributed by atoms with E-state index in [1.165, 1.54) is 6.21 Å². The molecule has 0 saturated carbocycles. The van der Waals surface area contributed by atoms with E-state index in [0.29, 0.717) is 27.7 Å². The maximum atomic E-state index is 12.5. The van der Waals surface area contributed by atoms with Crippen molar-refractivity contribution in [2.24, 2.45) is 5.10 Å². The van der Waals surface area contributed by atoms with Gasteiger partial charge in [-0.3, -0.25) is 5.43 Å². The lowest BCUT2D eigenvalue weighted by atomic mass is 10.2. The normalized spacial score (nSPS) is 10.5. The molecule has 9 heteroatoms. The minimum atomic E-state index is -0.491. The van der Waals surface area contributed by atoms with Gasteiger partial charge in [-0.2, -0.15) is 5.10 Å². The Morgan fingerprint density at radius 3 is 2.22 bits per heavy atom. The van der Waals surface area contributed by atoms with E-state index in [0.717, 1.165) is 15.9 Å². The van der Waals surface area contributed by atoms with Crippen LogP contribution in [0.15, 0.2) is 76.3 Å².